The van der Waals surface area contributed by atoms with Gasteiger partial charge in [-0.2, -0.15) is 0 Å². The van der Waals surface area contributed by atoms with Crippen molar-refractivity contribution in [1.29, 1.82) is 0 Å². The van der Waals surface area contributed by atoms with Gasteiger partial charge < -0.3 is 16.0 Å². The molecule has 0 spiro atoms. The van der Waals surface area contributed by atoms with E-state index < -0.39 is 0 Å². The van der Waals surface area contributed by atoms with E-state index in [2.05, 4.69) is 19.2 Å². The van der Waals surface area contributed by atoms with Gasteiger partial charge in [-0.25, -0.2) is 4.79 Å². The topological polar surface area (TPSA) is 58.4 Å². The minimum Gasteiger partial charge on any atom is -0.337 e. The third kappa shape index (κ3) is 6.33. The van der Waals surface area contributed by atoms with E-state index in [0.29, 0.717) is 13.1 Å². The van der Waals surface area contributed by atoms with E-state index in [1.165, 1.54) is 0 Å². The molecular weight excluding hydrogens is 190 g/mol. The van der Waals surface area contributed by atoms with Crippen LogP contribution >= 0.6 is 0 Å². The summed E-state index contributed by atoms with van der Waals surface area (Å²) in [6.45, 7) is 8.40. The van der Waals surface area contributed by atoms with E-state index in [1.807, 2.05) is 6.92 Å². The molecule has 0 aromatic rings. The maximum atomic E-state index is 11.5. The van der Waals surface area contributed by atoms with Crippen LogP contribution in [0.1, 0.15) is 33.6 Å². The molecule has 90 valence electrons. The van der Waals surface area contributed by atoms with Gasteiger partial charge in [-0.15, -0.1) is 0 Å². The Labute approximate surface area is 93.2 Å². The largest absolute Gasteiger partial charge is 0.337 e. The minimum atomic E-state index is -0.00155. The van der Waals surface area contributed by atoms with Gasteiger partial charge in [-0.3, -0.25) is 0 Å². The van der Waals surface area contributed by atoms with E-state index in [-0.39, 0.29) is 11.4 Å². The van der Waals surface area contributed by atoms with Crippen LogP contribution in [0.5, 0.6) is 0 Å². The first-order chi connectivity index (χ1) is 6.93. The molecule has 4 nitrogen and oxygen atoms in total. The molecule has 0 heterocycles. The molecule has 2 amide bonds. The molecule has 0 aliphatic rings. The Hall–Kier alpha value is -0.770. The molecule has 0 aliphatic carbocycles. The minimum absolute atomic E-state index is 0.00155. The van der Waals surface area contributed by atoms with Gasteiger partial charge in [-0.05, 0) is 31.7 Å². The number of carbonyl (C=O) groups excluding carboxylic acids is 1. The Morgan fingerprint density at radius 1 is 1.47 bits per heavy atom. The molecule has 0 fully saturated rings. The molecule has 0 radical (unpaired) electrons. The Morgan fingerprint density at radius 2 is 2.07 bits per heavy atom. The Morgan fingerprint density at radius 3 is 2.53 bits per heavy atom. The molecule has 0 unspecified atom stereocenters. The van der Waals surface area contributed by atoms with Gasteiger partial charge in [0.25, 0.3) is 0 Å². The summed E-state index contributed by atoms with van der Waals surface area (Å²) in [4.78, 5) is 13.2. The van der Waals surface area contributed by atoms with E-state index in [9.17, 15) is 4.79 Å². The number of hydrogen-bond donors (Lipinski definition) is 2. The summed E-state index contributed by atoms with van der Waals surface area (Å²) in [5.74, 6) is 0. The molecule has 0 aromatic carbocycles. The lowest BCUT2D eigenvalue weighted by Gasteiger charge is -2.26. The summed E-state index contributed by atoms with van der Waals surface area (Å²) in [6, 6.07) is -0.00155. The lowest BCUT2D eigenvalue weighted by molar-refractivity contribution is 0.202. The van der Waals surface area contributed by atoms with Crippen LogP contribution in [0.2, 0.25) is 0 Å². The monoisotopic (exact) mass is 215 g/mol. The standard InChI is InChI=1S/C11H25N3O/c1-5-14(4)10(15)13-9-11(2,3)7-6-8-12/h5-9,12H2,1-4H3,(H,13,15). The van der Waals surface area contributed by atoms with Crippen molar-refractivity contribution in [2.24, 2.45) is 11.1 Å². The Bertz CT molecular complexity index is 192. The lowest BCUT2D eigenvalue weighted by Crippen LogP contribution is -2.41. The maximum Gasteiger partial charge on any atom is 0.317 e. The van der Waals surface area contributed by atoms with Gasteiger partial charge >= 0.3 is 6.03 Å². The van der Waals surface area contributed by atoms with Crippen LogP contribution in [-0.4, -0.2) is 37.6 Å². The normalized spacial score (nSPS) is 11.3. The molecule has 3 N–H and O–H groups in total. The summed E-state index contributed by atoms with van der Waals surface area (Å²) < 4.78 is 0. The van der Waals surface area contributed by atoms with E-state index >= 15 is 0 Å². The maximum absolute atomic E-state index is 11.5. The average molecular weight is 215 g/mol. The quantitative estimate of drug-likeness (QED) is 0.704. The SMILES string of the molecule is CCN(C)C(=O)NCC(C)(C)CCCN. The number of nitrogens with two attached hydrogens (primary N) is 1. The molecule has 0 aromatic heterocycles. The van der Waals surface area contributed by atoms with Crippen molar-refractivity contribution in [3.8, 4) is 0 Å². The Kier molecular flexibility index (Phi) is 6.32. The van der Waals surface area contributed by atoms with Gasteiger partial charge in [0.1, 0.15) is 0 Å². The average Bonchev–Trinajstić information content (AvgIpc) is 2.22. The summed E-state index contributed by atoms with van der Waals surface area (Å²) in [7, 11) is 1.79. The fourth-order valence-corrected chi connectivity index (χ4v) is 1.26. The number of carbonyl (C=O) groups is 1. The van der Waals surface area contributed by atoms with Crippen molar-refractivity contribution in [2.45, 2.75) is 33.6 Å². The van der Waals surface area contributed by atoms with E-state index in [0.717, 1.165) is 19.4 Å². The Balaban J connectivity index is 3.86. The van der Waals surface area contributed by atoms with Crippen molar-refractivity contribution in [2.75, 3.05) is 26.7 Å². The van der Waals surface area contributed by atoms with Crippen LogP contribution in [0.4, 0.5) is 4.79 Å². The van der Waals surface area contributed by atoms with Gasteiger partial charge in [0, 0.05) is 20.1 Å². The zero-order valence-electron chi connectivity index (χ0n) is 10.5. The number of rotatable bonds is 6. The summed E-state index contributed by atoms with van der Waals surface area (Å²) in [5.41, 5.74) is 5.59. The molecule has 0 atom stereocenters. The number of amides is 2. The smallest absolute Gasteiger partial charge is 0.317 e. The fourth-order valence-electron chi connectivity index (χ4n) is 1.26. The molecule has 0 saturated heterocycles. The first-order valence-corrected chi connectivity index (χ1v) is 5.62. The summed E-state index contributed by atoms with van der Waals surface area (Å²) in [5, 5.41) is 2.93. The van der Waals surface area contributed by atoms with Crippen LogP contribution in [0.15, 0.2) is 0 Å². The molecular formula is C11H25N3O. The van der Waals surface area contributed by atoms with E-state index in [4.69, 9.17) is 5.73 Å². The number of nitrogens with zero attached hydrogens (tertiary/aromatic N) is 1. The highest BCUT2D eigenvalue weighted by atomic mass is 16.2. The predicted octanol–water partition coefficient (Wildman–Crippen LogP) is 1.41. The zero-order chi connectivity index (χ0) is 11.9. The first kappa shape index (κ1) is 14.2. The van der Waals surface area contributed by atoms with Crippen LogP contribution in [0.25, 0.3) is 0 Å². The zero-order valence-corrected chi connectivity index (χ0v) is 10.5. The first-order valence-electron chi connectivity index (χ1n) is 5.62. The highest BCUT2D eigenvalue weighted by molar-refractivity contribution is 5.73. The van der Waals surface area contributed by atoms with Crippen molar-refractivity contribution in [3.05, 3.63) is 0 Å². The number of urea groups is 1. The second kappa shape index (κ2) is 6.67. The van der Waals surface area contributed by atoms with Crippen molar-refractivity contribution < 1.29 is 4.79 Å². The van der Waals surface area contributed by atoms with Crippen LogP contribution in [-0.2, 0) is 0 Å². The summed E-state index contributed by atoms with van der Waals surface area (Å²) >= 11 is 0. The fraction of sp³-hybridized carbons (Fsp3) is 0.909. The highest BCUT2D eigenvalue weighted by Gasteiger charge is 2.18. The summed E-state index contributed by atoms with van der Waals surface area (Å²) in [6.07, 6.45) is 2.05. The second-order valence-electron chi connectivity index (χ2n) is 4.73. The molecule has 0 rings (SSSR count). The third-order valence-corrected chi connectivity index (χ3v) is 2.60. The van der Waals surface area contributed by atoms with Crippen LogP contribution in [0.3, 0.4) is 0 Å². The molecule has 0 bridgehead atoms. The number of nitrogens with one attached hydrogen (secondary N) is 1. The van der Waals surface area contributed by atoms with Crippen molar-refractivity contribution >= 4 is 6.03 Å². The molecule has 4 heteroatoms. The predicted molar refractivity (Wildman–Crippen MR) is 63.8 cm³/mol. The van der Waals surface area contributed by atoms with Crippen LogP contribution < -0.4 is 11.1 Å². The highest BCUT2D eigenvalue weighted by Crippen LogP contribution is 2.20. The number of hydrogen-bond acceptors (Lipinski definition) is 2. The molecule has 0 saturated carbocycles. The van der Waals surface area contributed by atoms with Gasteiger partial charge in [0.2, 0.25) is 0 Å². The third-order valence-electron chi connectivity index (χ3n) is 2.60. The van der Waals surface area contributed by atoms with Crippen LogP contribution in [0, 0.1) is 5.41 Å². The molecule has 15 heavy (non-hydrogen) atoms. The van der Waals surface area contributed by atoms with Gasteiger partial charge in [0.15, 0.2) is 0 Å². The second-order valence-corrected chi connectivity index (χ2v) is 4.73. The van der Waals surface area contributed by atoms with Gasteiger partial charge in [-0.1, -0.05) is 13.8 Å². The lowest BCUT2D eigenvalue weighted by atomic mass is 9.88. The van der Waals surface area contributed by atoms with E-state index in [1.54, 1.807) is 11.9 Å². The van der Waals surface area contributed by atoms with Crippen molar-refractivity contribution in [1.82, 2.24) is 10.2 Å². The van der Waals surface area contributed by atoms with Crippen molar-refractivity contribution in [3.63, 3.8) is 0 Å². The molecule has 0 aliphatic heterocycles. The van der Waals surface area contributed by atoms with Gasteiger partial charge in [0.05, 0.1) is 0 Å².